The van der Waals surface area contributed by atoms with Gasteiger partial charge >= 0.3 is 0 Å². The first kappa shape index (κ1) is 11.0. The zero-order valence-electron chi connectivity index (χ0n) is 7.80. The minimum Gasteiger partial charge on any atom is -0.388 e. The van der Waals surface area contributed by atoms with Gasteiger partial charge in [-0.3, -0.25) is 0 Å². The van der Waals surface area contributed by atoms with Crippen molar-refractivity contribution in [2.75, 3.05) is 0 Å². The van der Waals surface area contributed by atoms with Gasteiger partial charge in [0.1, 0.15) is 0 Å². The lowest BCUT2D eigenvalue weighted by Gasteiger charge is -1.99. The Kier molecular flexibility index (Phi) is 6.14. The Balaban J connectivity index is 3.72. The molecule has 0 bridgehead atoms. The molecule has 0 saturated carbocycles. The number of hydrogen-bond acceptors (Lipinski definition) is 1. The van der Waals surface area contributed by atoms with Crippen LogP contribution >= 0.6 is 0 Å². The van der Waals surface area contributed by atoms with Crippen molar-refractivity contribution in [3.63, 3.8) is 0 Å². The van der Waals surface area contributed by atoms with Crippen molar-refractivity contribution < 1.29 is 5.11 Å². The van der Waals surface area contributed by atoms with E-state index < -0.39 is 6.10 Å². The quantitative estimate of drug-likeness (QED) is 0.501. The van der Waals surface area contributed by atoms with Gasteiger partial charge < -0.3 is 5.11 Å². The molecular weight excluding hydrogens is 148 g/mol. The summed E-state index contributed by atoms with van der Waals surface area (Å²) >= 11 is 0. The minimum atomic E-state index is -0.424. The van der Waals surface area contributed by atoms with Crippen molar-refractivity contribution in [2.45, 2.75) is 32.8 Å². The van der Waals surface area contributed by atoms with Crippen molar-refractivity contribution in [1.82, 2.24) is 0 Å². The van der Waals surface area contributed by atoms with Gasteiger partial charge in [0.25, 0.3) is 0 Å². The molecule has 0 aromatic heterocycles. The third-order valence-corrected chi connectivity index (χ3v) is 1.21. The van der Waals surface area contributed by atoms with Crippen LogP contribution in [0.2, 0.25) is 0 Å². The molecule has 0 fully saturated rings. The third kappa shape index (κ3) is 7.11. The van der Waals surface area contributed by atoms with Crippen LogP contribution in [0, 0.1) is 11.8 Å². The van der Waals surface area contributed by atoms with Crippen LogP contribution in [-0.2, 0) is 0 Å². The Morgan fingerprint density at radius 3 is 2.67 bits per heavy atom. The largest absolute Gasteiger partial charge is 0.388 e. The molecule has 0 aliphatic carbocycles. The van der Waals surface area contributed by atoms with Gasteiger partial charge in [0.15, 0.2) is 0 Å². The van der Waals surface area contributed by atoms with Gasteiger partial charge in [0, 0.05) is 12.8 Å². The predicted molar refractivity (Wildman–Crippen MR) is 52.6 cm³/mol. The van der Waals surface area contributed by atoms with E-state index in [2.05, 4.69) is 18.4 Å². The van der Waals surface area contributed by atoms with Gasteiger partial charge in [-0.15, -0.1) is 6.58 Å². The summed E-state index contributed by atoms with van der Waals surface area (Å²) in [5.41, 5.74) is 1.12. The molecular formula is C11H16O. The molecule has 0 aromatic rings. The van der Waals surface area contributed by atoms with Crippen LogP contribution in [0.4, 0.5) is 0 Å². The van der Waals surface area contributed by atoms with Gasteiger partial charge in [-0.25, -0.2) is 0 Å². The molecule has 66 valence electrons. The summed E-state index contributed by atoms with van der Waals surface area (Å²) in [6, 6.07) is 0. The second-order valence-electron chi connectivity index (χ2n) is 2.86. The normalized spacial score (nSPS) is 10.9. The van der Waals surface area contributed by atoms with Gasteiger partial charge in [0.2, 0.25) is 0 Å². The van der Waals surface area contributed by atoms with Crippen LogP contribution in [0.25, 0.3) is 0 Å². The van der Waals surface area contributed by atoms with Crippen molar-refractivity contribution in [3.05, 3.63) is 24.3 Å². The summed E-state index contributed by atoms with van der Waals surface area (Å²) in [5, 5.41) is 9.31. The van der Waals surface area contributed by atoms with Crippen molar-refractivity contribution in [2.24, 2.45) is 0 Å². The van der Waals surface area contributed by atoms with E-state index in [0.29, 0.717) is 12.8 Å². The van der Waals surface area contributed by atoms with E-state index in [0.717, 1.165) is 5.57 Å². The lowest BCUT2D eigenvalue weighted by atomic mass is 10.2. The molecule has 12 heavy (non-hydrogen) atoms. The summed E-state index contributed by atoms with van der Waals surface area (Å²) in [7, 11) is 0. The number of aliphatic hydroxyl groups is 1. The Morgan fingerprint density at radius 2 is 2.17 bits per heavy atom. The van der Waals surface area contributed by atoms with Crippen molar-refractivity contribution in [3.8, 4) is 11.8 Å². The maximum atomic E-state index is 9.31. The third-order valence-electron chi connectivity index (χ3n) is 1.21. The SMILES string of the molecule is C=CCC#CCC(O)C=C(C)C. The van der Waals surface area contributed by atoms with Crippen molar-refractivity contribution >= 4 is 0 Å². The standard InChI is InChI=1S/C11H16O/c1-4-5-6-7-8-11(12)9-10(2)3/h4,9,11-12H,1,5,8H2,2-3H3. The lowest BCUT2D eigenvalue weighted by molar-refractivity contribution is 0.228. The fourth-order valence-electron chi connectivity index (χ4n) is 0.765. The topological polar surface area (TPSA) is 20.2 Å². The van der Waals surface area contributed by atoms with E-state index in [4.69, 9.17) is 0 Å². The Labute approximate surface area is 74.8 Å². The fraction of sp³-hybridized carbons (Fsp3) is 0.455. The molecule has 1 heteroatoms. The molecule has 0 spiro atoms. The highest BCUT2D eigenvalue weighted by Crippen LogP contribution is 1.97. The zero-order valence-corrected chi connectivity index (χ0v) is 7.80. The molecule has 0 saturated heterocycles. The second-order valence-corrected chi connectivity index (χ2v) is 2.86. The maximum Gasteiger partial charge on any atom is 0.0832 e. The number of rotatable bonds is 3. The van der Waals surface area contributed by atoms with Crippen molar-refractivity contribution in [1.29, 1.82) is 0 Å². The average molecular weight is 164 g/mol. The lowest BCUT2D eigenvalue weighted by Crippen LogP contribution is -2.00. The van der Waals surface area contributed by atoms with Crippen LogP contribution in [0.1, 0.15) is 26.7 Å². The highest BCUT2D eigenvalue weighted by molar-refractivity contribution is 5.08. The molecule has 0 amide bonds. The second kappa shape index (κ2) is 6.69. The van der Waals surface area contributed by atoms with E-state index in [1.165, 1.54) is 0 Å². The predicted octanol–water partition coefficient (Wildman–Crippen LogP) is 2.28. The van der Waals surface area contributed by atoms with Gasteiger partial charge in [-0.2, -0.15) is 0 Å². The van der Waals surface area contributed by atoms with Crippen LogP contribution in [0.3, 0.4) is 0 Å². The zero-order chi connectivity index (χ0) is 9.40. The molecule has 0 radical (unpaired) electrons. The summed E-state index contributed by atoms with van der Waals surface area (Å²) in [5.74, 6) is 5.76. The molecule has 0 aliphatic rings. The highest BCUT2D eigenvalue weighted by Gasteiger charge is 1.94. The first-order valence-corrected chi connectivity index (χ1v) is 4.06. The highest BCUT2D eigenvalue weighted by atomic mass is 16.3. The van der Waals surface area contributed by atoms with Crippen LogP contribution in [0.5, 0.6) is 0 Å². The molecule has 1 unspecified atom stereocenters. The number of aliphatic hydroxyl groups excluding tert-OH is 1. The molecule has 1 N–H and O–H groups in total. The Morgan fingerprint density at radius 1 is 1.50 bits per heavy atom. The molecule has 1 atom stereocenters. The molecule has 1 nitrogen and oxygen atoms in total. The number of hydrogen-bond donors (Lipinski definition) is 1. The van der Waals surface area contributed by atoms with Crippen LogP contribution in [0.15, 0.2) is 24.3 Å². The Bertz CT molecular complexity index is 211. The van der Waals surface area contributed by atoms with E-state index in [9.17, 15) is 5.11 Å². The number of allylic oxidation sites excluding steroid dienone is 2. The summed E-state index contributed by atoms with van der Waals surface area (Å²) in [4.78, 5) is 0. The van der Waals surface area contributed by atoms with E-state index >= 15 is 0 Å². The van der Waals surface area contributed by atoms with Gasteiger partial charge in [-0.05, 0) is 13.8 Å². The minimum absolute atomic E-state index is 0.424. The molecule has 0 heterocycles. The Hall–Kier alpha value is -1.00. The van der Waals surface area contributed by atoms with E-state index in [-0.39, 0.29) is 0 Å². The summed E-state index contributed by atoms with van der Waals surface area (Å²) in [6.45, 7) is 7.47. The molecule has 0 rings (SSSR count). The van der Waals surface area contributed by atoms with E-state index in [1.54, 1.807) is 6.08 Å². The summed E-state index contributed by atoms with van der Waals surface area (Å²) < 4.78 is 0. The molecule has 0 aliphatic heterocycles. The first-order chi connectivity index (χ1) is 5.66. The van der Waals surface area contributed by atoms with Crippen LogP contribution < -0.4 is 0 Å². The van der Waals surface area contributed by atoms with Gasteiger partial charge in [-0.1, -0.05) is 29.6 Å². The summed E-state index contributed by atoms with van der Waals surface area (Å²) in [6.07, 6.45) is 4.34. The van der Waals surface area contributed by atoms with Crippen LogP contribution in [-0.4, -0.2) is 11.2 Å². The monoisotopic (exact) mass is 164 g/mol. The average Bonchev–Trinajstić information content (AvgIpc) is 1.97. The maximum absolute atomic E-state index is 9.31. The van der Waals surface area contributed by atoms with E-state index in [1.807, 2.05) is 19.9 Å². The first-order valence-electron chi connectivity index (χ1n) is 4.06. The van der Waals surface area contributed by atoms with Gasteiger partial charge in [0.05, 0.1) is 6.10 Å². The molecule has 0 aromatic carbocycles. The fourth-order valence-corrected chi connectivity index (χ4v) is 0.765. The smallest absolute Gasteiger partial charge is 0.0832 e.